The minimum atomic E-state index is -4.76. The zero-order chi connectivity index (χ0) is 40.8. The van der Waals surface area contributed by atoms with Crippen LogP contribution in [0.1, 0.15) is 35.8 Å². The van der Waals surface area contributed by atoms with E-state index in [-0.39, 0.29) is 39.5 Å². The van der Waals surface area contributed by atoms with Crippen LogP contribution >= 0.6 is 23.2 Å². The molecule has 2 amide bonds. The van der Waals surface area contributed by atoms with E-state index in [0.29, 0.717) is 35.6 Å². The van der Waals surface area contributed by atoms with Gasteiger partial charge in [0, 0.05) is 69.6 Å². The molecule has 0 unspecified atom stereocenters. The van der Waals surface area contributed by atoms with Crippen molar-refractivity contribution >= 4 is 40.3 Å². The Hall–Kier alpha value is -4.54. The molecule has 19 heteroatoms. The molecule has 2 aliphatic heterocycles. The zero-order valence-electron chi connectivity index (χ0n) is 31.7. The predicted octanol–water partition coefficient (Wildman–Crippen LogP) is 5.48. The van der Waals surface area contributed by atoms with Gasteiger partial charge in [-0.2, -0.15) is 37.4 Å². The van der Waals surface area contributed by atoms with Crippen LogP contribution in [0.15, 0.2) is 52.1 Å². The van der Waals surface area contributed by atoms with Gasteiger partial charge in [0.15, 0.2) is 11.4 Å². The number of rotatable bonds is 7. The number of nitrogens with one attached hydrogen (secondary N) is 1. The number of nitrogens with zero attached hydrogens (tertiary/aromatic N) is 7. The van der Waals surface area contributed by atoms with Gasteiger partial charge in [-0.25, -0.2) is 14.6 Å². The zero-order valence-corrected chi connectivity index (χ0v) is 34.2. The Bertz CT molecular complexity index is 2500. The molecule has 2 saturated heterocycles. The fraction of sp³-hybridized carbons (Fsp3) is 0.385. The van der Waals surface area contributed by atoms with Gasteiger partial charge in [-0.15, -0.1) is 17.2 Å². The van der Waals surface area contributed by atoms with Crippen LogP contribution in [0, 0.1) is 12.3 Å². The molecule has 0 radical (unpaired) electrons. The number of carbonyl (C=O) groups is 1. The van der Waals surface area contributed by atoms with Crippen LogP contribution in [-0.4, -0.2) is 92.5 Å². The first-order valence-electron chi connectivity index (χ1n) is 17.9. The molecule has 58 heavy (non-hydrogen) atoms. The number of ether oxygens (including phenoxy) is 2. The van der Waals surface area contributed by atoms with Crippen molar-refractivity contribution in [2.75, 3.05) is 47.0 Å². The normalized spacial score (nSPS) is 18.9. The minimum absolute atomic E-state index is 0. The summed E-state index contributed by atoms with van der Waals surface area (Å²) >= 11 is 13.4. The summed E-state index contributed by atoms with van der Waals surface area (Å²) in [5.41, 5.74) is 3.49. The number of hydrogen-bond acceptors (Lipinski definition) is 9. The Morgan fingerprint density at radius 3 is 2.47 bits per heavy atom. The third-order valence-electron chi connectivity index (χ3n) is 10.6. The quantitative estimate of drug-likeness (QED) is 0.167. The first kappa shape index (κ1) is 43.1. The van der Waals surface area contributed by atoms with Crippen LogP contribution in [0.25, 0.3) is 33.4 Å². The average Bonchev–Trinajstić information content (AvgIpc) is 3.90. The molecule has 13 nitrogen and oxygen atoms in total. The van der Waals surface area contributed by atoms with E-state index >= 15 is 0 Å². The van der Waals surface area contributed by atoms with Crippen molar-refractivity contribution in [1.82, 2.24) is 39.2 Å². The van der Waals surface area contributed by atoms with E-state index in [0.717, 1.165) is 69.4 Å². The van der Waals surface area contributed by atoms with Crippen molar-refractivity contribution in [1.29, 1.82) is 0 Å². The van der Waals surface area contributed by atoms with Crippen LogP contribution in [-0.2, 0) is 47.9 Å². The number of urea groups is 1. The van der Waals surface area contributed by atoms with E-state index in [9.17, 15) is 27.6 Å². The third kappa shape index (κ3) is 8.07. The number of amides is 2. The van der Waals surface area contributed by atoms with Crippen molar-refractivity contribution in [2.24, 2.45) is 14.1 Å². The molecule has 8 rings (SSSR count). The summed E-state index contributed by atoms with van der Waals surface area (Å²) in [7, 11) is 5.75. The van der Waals surface area contributed by atoms with Crippen LogP contribution < -0.4 is 21.3 Å². The summed E-state index contributed by atoms with van der Waals surface area (Å²) in [6, 6.07) is 16.9. The van der Waals surface area contributed by atoms with E-state index in [1.807, 2.05) is 41.4 Å². The van der Waals surface area contributed by atoms with E-state index < -0.39 is 28.9 Å². The Morgan fingerprint density at radius 2 is 1.76 bits per heavy atom. The van der Waals surface area contributed by atoms with E-state index in [1.165, 1.54) is 19.7 Å². The molecule has 3 aromatic heterocycles. The summed E-state index contributed by atoms with van der Waals surface area (Å²) in [5, 5.41) is 4.13. The van der Waals surface area contributed by atoms with Gasteiger partial charge in [0.1, 0.15) is 0 Å². The summed E-state index contributed by atoms with van der Waals surface area (Å²) in [4.78, 5) is 51.2. The molecular weight excluding hydrogens is 847 g/mol. The van der Waals surface area contributed by atoms with Crippen molar-refractivity contribution in [3.05, 3.63) is 103 Å². The average molecular weight is 884 g/mol. The van der Waals surface area contributed by atoms with Crippen LogP contribution in [0.5, 0.6) is 5.88 Å². The number of pyridine rings is 1. The fourth-order valence-corrected chi connectivity index (χ4v) is 8.34. The standard InChI is InChI=1S/C30H31Cl2N4O3.C9H6F3N4O2.Ni/c1-38-15-14-36-18-30(34-29(36)37)12-13-35(17-30)25-11-10-19-16-24(33-28(39-2)26(19)25)22-8-5-7-21(27(22)32)20-6-3-4-9-23(20)31;1-15-5-4(6(17)16(2)8(15)18)3-13-7(14-5)9(10,11)12;/h3-8,16,25H,10-15,17-18H2,1-2H3,(H,34,37);1-2H3;/q2*-1;+2/t25-,30+;;/m1../s1. The summed E-state index contributed by atoms with van der Waals surface area (Å²) in [6.45, 7) is 3.57. The molecule has 0 bridgehead atoms. The van der Waals surface area contributed by atoms with E-state index in [4.69, 9.17) is 37.7 Å². The molecule has 1 spiro atoms. The molecule has 2 aromatic carbocycles. The number of alkyl halides is 3. The SMILES string of the molecule is COCCN1C[C@@]2(CCN([C@@H]3CCc4cc(-c5cccc(-c6ccc[c-]c6Cl)c5Cl)nc(OC)c43)C2)NC1=O.Cn1c(=O)c2[c-]nc(C(F)(F)F)nc2n(C)c1=O.[Ni+2]. The maximum Gasteiger partial charge on any atom is 2.00 e. The monoisotopic (exact) mass is 882 g/mol. The number of aryl methyl sites for hydroxylation is 2. The van der Waals surface area contributed by atoms with Gasteiger partial charge in [-0.1, -0.05) is 40.4 Å². The molecule has 1 aliphatic carbocycles. The van der Waals surface area contributed by atoms with Gasteiger partial charge in [-0.3, -0.25) is 4.90 Å². The fourth-order valence-electron chi connectivity index (χ4n) is 7.79. The second-order valence-electron chi connectivity index (χ2n) is 14.1. The maximum atomic E-state index is 12.6. The number of aromatic nitrogens is 5. The van der Waals surface area contributed by atoms with Crippen molar-refractivity contribution in [2.45, 2.75) is 37.0 Å². The Kier molecular flexibility index (Phi) is 12.6. The summed E-state index contributed by atoms with van der Waals surface area (Å²) in [5.74, 6) is -0.811. The van der Waals surface area contributed by atoms with Crippen molar-refractivity contribution in [3.63, 3.8) is 0 Å². The molecule has 2 atom stereocenters. The Morgan fingerprint density at radius 1 is 1.02 bits per heavy atom. The number of halogens is 5. The topological polar surface area (TPSA) is 137 Å². The first-order valence-corrected chi connectivity index (χ1v) is 18.7. The van der Waals surface area contributed by atoms with Gasteiger partial charge in [0.2, 0.25) is 5.88 Å². The van der Waals surface area contributed by atoms with Crippen LogP contribution in [0.3, 0.4) is 0 Å². The predicted molar refractivity (Wildman–Crippen MR) is 206 cm³/mol. The second kappa shape index (κ2) is 17.0. The molecule has 5 heterocycles. The van der Waals surface area contributed by atoms with Crippen LogP contribution in [0.4, 0.5) is 18.0 Å². The Balaban J connectivity index is 0.000000251. The van der Waals surface area contributed by atoms with Gasteiger partial charge >= 0.3 is 34.4 Å². The molecule has 3 aliphatic rings. The Labute approximate surface area is 351 Å². The van der Waals surface area contributed by atoms with Gasteiger partial charge in [0.25, 0.3) is 0 Å². The van der Waals surface area contributed by atoms with E-state index in [2.05, 4.69) is 32.3 Å². The minimum Gasteiger partial charge on any atom is -0.481 e. The van der Waals surface area contributed by atoms with Gasteiger partial charge in [0.05, 0.1) is 30.6 Å². The number of methoxy groups -OCH3 is 2. The molecule has 308 valence electrons. The second-order valence-corrected chi connectivity index (χ2v) is 14.9. The number of benzene rings is 2. The molecule has 0 saturated carbocycles. The summed E-state index contributed by atoms with van der Waals surface area (Å²) < 4.78 is 49.9. The van der Waals surface area contributed by atoms with Gasteiger partial charge in [-0.05, 0) is 42.5 Å². The van der Waals surface area contributed by atoms with Crippen molar-refractivity contribution in [3.8, 4) is 28.3 Å². The number of carbonyl (C=O) groups excluding carboxylic acids is 1. The smallest absolute Gasteiger partial charge is 0.481 e. The number of fused-ring (bicyclic) bond motifs is 2. The first-order chi connectivity index (χ1) is 27.2. The van der Waals surface area contributed by atoms with E-state index in [1.54, 1.807) is 20.3 Å². The molecule has 1 N–H and O–H groups in total. The molecule has 5 aromatic rings. The van der Waals surface area contributed by atoms with Crippen LogP contribution in [0.2, 0.25) is 10.0 Å². The summed E-state index contributed by atoms with van der Waals surface area (Å²) in [6.07, 6.45) is 0.0485. The largest absolute Gasteiger partial charge is 2.00 e. The molecular formula is C39H37Cl2F3N8NiO5. The number of hydrogen-bond donors (Lipinski definition) is 1. The molecule has 2 fully saturated rings. The number of likely N-dealkylation sites (tertiary alicyclic amines) is 1. The van der Waals surface area contributed by atoms with Crippen molar-refractivity contribution < 1.29 is 43.9 Å². The third-order valence-corrected chi connectivity index (χ3v) is 11.3. The maximum absolute atomic E-state index is 12.6. The van der Waals surface area contributed by atoms with Gasteiger partial charge < -0.3 is 43.6 Å².